The maximum atomic E-state index is 13.2. The van der Waals surface area contributed by atoms with E-state index in [1.165, 1.54) is 30.2 Å². The predicted molar refractivity (Wildman–Crippen MR) is 115 cm³/mol. The van der Waals surface area contributed by atoms with Crippen molar-refractivity contribution in [3.8, 4) is 22.7 Å². The van der Waals surface area contributed by atoms with Crippen LogP contribution in [-0.4, -0.2) is 32.0 Å². The van der Waals surface area contributed by atoms with Crippen LogP contribution < -0.4 is 4.74 Å². The van der Waals surface area contributed by atoms with Gasteiger partial charge in [-0.1, -0.05) is 29.1 Å². The van der Waals surface area contributed by atoms with Gasteiger partial charge in [-0.05, 0) is 36.4 Å². The Morgan fingerprint density at radius 1 is 1.10 bits per heavy atom. The fourth-order valence-corrected chi connectivity index (χ4v) is 4.05. The van der Waals surface area contributed by atoms with Crippen molar-refractivity contribution in [1.82, 2.24) is 24.9 Å². The number of methoxy groups -OCH3 is 1. The highest BCUT2D eigenvalue weighted by Crippen LogP contribution is 2.32. The van der Waals surface area contributed by atoms with Crippen molar-refractivity contribution in [3.63, 3.8) is 0 Å². The van der Waals surface area contributed by atoms with Crippen LogP contribution in [0.4, 0.5) is 4.39 Å². The number of aromatic nitrogens is 5. The lowest BCUT2D eigenvalue weighted by Crippen LogP contribution is -1.98. The van der Waals surface area contributed by atoms with Gasteiger partial charge >= 0.3 is 0 Å². The Balaban J connectivity index is 1.38. The van der Waals surface area contributed by atoms with Crippen molar-refractivity contribution in [3.05, 3.63) is 78.7 Å². The first-order valence-corrected chi connectivity index (χ1v) is 10.4. The number of nitrogens with zero attached hydrogens (tertiary/aromatic N) is 5. The third kappa shape index (κ3) is 3.75. The standard InChI is InChI=1S/C22H16FN5O2S/c1-29-20-5-3-2-4-17(20)19-10-16(30-27-19)12-31-22-18-11-26-28(21(18)24-13-25-22)15-8-6-14(23)7-9-15/h2-11,13H,12H2,1H3. The van der Waals surface area contributed by atoms with Gasteiger partial charge in [-0.15, -0.1) is 0 Å². The van der Waals surface area contributed by atoms with E-state index in [-0.39, 0.29) is 5.82 Å². The Labute approximate surface area is 180 Å². The minimum atomic E-state index is -0.300. The molecule has 0 aliphatic carbocycles. The molecule has 0 unspecified atom stereocenters. The van der Waals surface area contributed by atoms with Crippen LogP contribution in [-0.2, 0) is 5.75 Å². The van der Waals surface area contributed by atoms with Gasteiger partial charge in [0.15, 0.2) is 5.65 Å². The third-order valence-corrected chi connectivity index (χ3v) is 5.72. The fourth-order valence-electron chi connectivity index (χ4n) is 3.21. The van der Waals surface area contributed by atoms with Crippen LogP contribution in [0.25, 0.3) is 28.0 Å². The zero-order chi connectivity index (χ0) is 21.2. The van der Waals surface area contributed by atoms with Crippen molar-refractivity contribution in [2.45, 2.75) is 10.8 Å². The Kier molecular flexibility index (Phi) is 5.09. The summed E-state index contributed by atoms with van der Waals surface area (Å²) in [6.45, 7) is 0. The molecule has 0 N–H and O–H groups in total. The van der Waals surface area contributed by atoms with Crippen LogP contribution >= 0.6 is 11.8 Å². The van der Waals surface area contributed by atoms with Crippen molar-refractivity contribution < 1.29 is 13.7 Å². The van der Waals surface area contributed by atoms with Gasteiger partial charge in [0, 0.05) is 11.6 Å². The summed E-state index contributed by atoms with van der Waals surface area (Å²) in [6.07, 6.45) is 3.20. The smallest absolute Gasteiger partial charge is 0.167 e. The molecule has 3 heterocycles. The molecule has 0 fully saturated rings. The largest absolute Gasteiger partial charge is 0.496 e. The van der Waals surface area contributed by atoms with Gasteiger partial charge < -0.3 is 9.26 Å². The highest BCUT2D eigenvalue weighted by atomic mass is 32.2. The summed E-state index contributed by atoms with van der Waals surface area (Å²) in [7, 11) is 1.63. The molecule has 0 bridgehead atoms. The number of thioether (sulfide) groups is 1. The Morgan fingerprint density at radius 3 is 2.77 bits per heavy atom. The first kappa shape index (κ1) is 19.3. The van der Waals surface area contributed by atoms with E-state index in [1.54, 1.807) is 30.1 Å². The predicted octanol–water partition coefficient (Wildman–Crippen LogP) is 4.91. The van der Waals surface area contributed by atoms with E-state index in [1.807, 2.05) is 30.3 Å². The summed E-state index contributed by atoms with van der Waals surface area (Å²) < 4.78 is 25.8. The zero-order valence-corrected chi connectivity index (χ0v) is 17.2. The summed E-state index contributed by atoms with van der Waals surface area (Å²) >= 11 is 1.50. The van der Waals surface area contributed by atoms with Crippen LogP contribution in [0.1, 0.15) is 5.76 Å². The van der Waals surface area contributed by atoms with E-state index in [0.717, 1.165) is 27.4 Å². The summed E-state index contributed by atoms with van der Waals surface area (Å²) in [5.41, 5.74) is 2.96. The third-order valence-electron chi connectivity index (χ3n) is 4.69. The van der Waals surface area contributed by atoms with E-state index >= 15 is 0 Å². The van der Waals surface area contributed by atoms with E-state index < -0.39 is 0 Å². The van der Waals surface area contributed by atoms with Crippen LogP contribution in [0.5, 0.6) is 5.75 Å². The molecule has 0 spiro atoms. The van der Waals surface area contributed by atoms with Gasteiger partial charge in [0.25, 0.3) is 0 Å². The normalized spacial score (nSPS) is 11.2. The van der Waals surface area contributed by atoms with Gasteiger partial charge in [-0.25, -0.2) is 19.0 Å². The number of hydrogen-bond acceptors (Lipinski definition) is 7. The molecule has 31 heavy (non-hydrogen) atoms. The highest BCUT2D eigenvalue weighted by Gasteiger charge is 2.15. The fraction of sp³-hybridized carbons (Fsp3) is 0.0909. The second kappa shape index (κ2) is 8.19. The molecule has 5 aromatic rings. The van der Waals surface area contributed by atoms with Gasteiger partial charge in [-0.3, -0.25) is 0 Å². The topological polar surface area (TPSA) is 78.9 Å². The van der Waals surface area contributed by atoms with Crippen molar-refractivity contribution in [1.29, 1.82) is 0 Å². The first-order chi connectivity index (χ1) is 15.2. The SMILES string of the molecule is COc1ccccc1-c1cc(CSc2ncnc3c2cnn3-c2ccc(F)cc2)on1. The molecule has 3 aromatic heterocycles. The molecule has 0 atom stereocenters. The number of ether oxygens (including phenoxy) is 1. The monoisotopic (exact) mass is 433 g/mol. The molecule has 154 valence electrons. The van der Waals surface area contributed by atoms with Crippen LogP contribution in [0.3, 0.4) is 0 Å². The minimum absolute atomic E-state index is 0.300. The zero-order valence-electron chi connectivity index (χ0n) is 16.4. The maximum Gasteiger partial charge on any atom is 0.167 e. The minimum Gasteiger partial charge on any atom is -0.496 e. The average molecular weight is 433 g/mol. The number of hydrogen-bond donors (Lipinski definition) is 0. The molecular formula is C22H16FN5O2S. The van der Waals surface area contributed by atoms with Gasteiger partial charge in [0.05, 0.1) is 30.1 Å². The van der Waals surface area contributed by atoms with E-state index in [0.29, 0.717) is 22.9 Å². The Bertz CT molecular complexity index is 1350. The highest BCUT2D eigenvalue weighted by molar-refractivity contribution is 7.98. The van der Waals surface area contributed by atoms with Gasteiger partial charge in [-0.2, -0.15) is 5.10 Å². The number of halogens is 1. The molecule has 0 aliphatic rings. The van der Waals surface area contributed by atoms with Crippen LogP contribution in [0, 0.1) is 5.82 Å². The van der Waals surface area contributed by atoms with E-state index in [9.17, 15) is 4.39 Å². The molecule has 0 saturated carbocycles. The van der Waals surface area contributed by atoms with Crippen LogP contribution in [0.15, 0.2) is 76.7 Å². The van der Waals surface area contributed by atoms with Gasteiger partial charge in [0.1, 0.15) is 34.4 Å². The number of rotatable bonds is 6. The van der Waals surface area contributed by atoms with Crippen LogP contribution in [0.2, 0.25) is 0 Å². The summed E-state index contributed by atoms with van der Waals surface area (Å²) in [5, 5.41) is 10.2. The Morgan fingerprint density at radius 2 is 1.94 bits per heavy atom. The first-order valence-electron chi connectivity index (χ1n) is 9.39. The van der Waals surface area contributed by atoms with Gasteiger partial charge in [0.2, 0.25) is 0 Å². The van der Waals surface area contributed by atoms with E-state index in [2.05, 4.69) is 20.2 Å². The van der Waals surface area contributed by atoms with Crippen molar-refractivity contribution in [2.24, 2.45) is 0 Å². The molecular weight excluding hydrogens is 417 g/mol. The number of para-hydroxylation sites is 1. The number of fused-ring (bicyclic) bond motifs is 1. The molecule has 0 aliphatic heterocycles. The Hall–Kier alpha value is -3.72. The number of benzene rings is 2. The van der Waals surface area contributed by atoms with E-state index in [4.69, 9.17) is 9.26 Å². The summed E-state index contributed by atoms with van der Waals surface area (Å²) in [4.78, 5) is 8.74. The lowest BCUT2D eigenvalue weighted by molar-refractivity contribution is 0.395. The molecule has 2 aromatic carbocycles. The average Bonchev–Trinajstić information content (AvgIpc) is 3.46. The summed E-state index contributed by atoms with van der Waals surface area (Å²) in [6, 6.07) is 15.6. The van der Waals surface area contributed by atoms with Crippen molar-refractivity contribution in [2.75, 3.05) is 7.11 Å². The molecule has 0 saturated heterocycles. The maximum absolute atomic E-state index is 13.2. The molecule has 5 rings (SSSR count). The molecule has 0 radical (unpaired) electrons. The second-order valence-electron chi connectivity index (χ2n) is 6.62. The molecule has 9 heteroatoms. The molecule has 7 nitrogen and oxygen atoms in total. The van der Waals surface area contributed by atoms with Crippen molar-refractivity contribution >= 4 is 22.8 Å². The quantitative estimate of drug-likeness (QED) is 0.278. The lowest BCUT2D eigenvalue weighted by atomic mass is 10.1. The molecule has 0 amide bonds. The summed E-state index contributed by atoms with van der Waals surface area (Å²) in [5.74, 6) is 1.69. The lowest BCUT2D eigenvalue weighted by Gasteiger charge is -2.04. The second-order valence-corrected chi connectivity index (χ2v) is 7.58.